The first kappa shape index (κ1) is 12.0. The van der Waals surface area contributed by atoms with E-state index in [2.05, 4.69) is 61.6 Å². The first-order valence-corrected chi connectivity index (χ1v) is 6.31. The van der Waals surface area contributed by atoms with Gasteiger partial charge in [-0.3, -0.25) is 0 Å². The van der Waals surface area contributed by atoms with Crippen LogP contribution in [0.5, 0.6) is 0 Å². The molecule has 0 nitrogen and oxygen atoms in total. The van der Waals surface area contributed by atoms with Crippen molar-refractivity contribution in [1.29, 1.82) is 0 Å². The van der Waals surface area contributed by atoms with Crippen LogP contribution in [0.15, 0.2) is 18.2 Å². The zero-order valence-electron chi connectivity index (χ0n) is 9.23. The van der Waals surface area contributed by atoms with E-state index in [0.717, 1.165) is 0 Å². The molecule has 0 aliphatic rings. The fourth-order valence-corrected chi connectivity index (χ4v) is 2.20. The van der Waals surface area contributed by atoms with Gasteiger partial charge in [-0.2, -0.15) is 0 Å². The molecule has 0 fully saturated rings. The van der Waals surface area contributed by atoms with Gasteiger partial charge in [-0.1, -0.05) is 33.3 Å². The molecular weight excluding hydrogens is 283 g/mol. The zero-order chi connectivity index (χ0) is 10.6. The summed E-state index contributed by atoms with van der Waals surface area (Å²) in [7, 11) is 0. The molecule has 0 atom stereocenters. The number of hydrogen-bond donors (Lipinski definition) is 0. The molecule has 1 aromatic carbocycles. The fraction of sp³-hybridized carbons (Fsp3) is 0.462. The highest BCUT2D eigenvalue weighted by atomic mass is 127. The summed E-state index contributed by atoms with van der Waals surface area (Å²) >= 11 is 2.40. The molecular formula is C13H18I. The van der Waals surface area contributed by atoms with Crippen molar-refractivity contribution in [2.45, 2.75) is 40.0 Å². The van der Waals surface area contributed by atoms with Crippen LogP contribution in [0.1, 0.15) is 44.7 Å². The second-order valence-corrected chi connectivity index (χ2v) is 5.20. The van der Waals surface area contributed by atoms with Crippen LogP contribution >= 0.6 is 22.6 Å². The van der Waals surface area contributed by atoms with E-state index in [-0.39, 0.29) is 0 Å². The van der Waals surface area contributed by atoms with Crippen LogP contribution in [0, 0.1) is 9.49 Å². The van der Waals surface area contributed by atoms with Gasteiger partial charge in [0.15, 0.2) is 0 Å². The van der Waals surface area contributed by atoms with Gasteiger partial charge < -0.3 is 0 Å². The maximum Gasteiger partial charge on any atom is 0.0136 e. The van der Waals surface area contributed by atoms with Crippen LogP contribution < -0.4 is 0 Å². The molecule has 0 amide bonds. The zero-order valence-corrected chi connectivity index (χ0v) is 11.4. The average Bonchev–Trinajstić information content (AvgIpc) is 2.14. The molecule has 0 heterocycles. The molecule has 0 spiro atoms. The summed E-state index contributed by atoms with van der Waals surface area (Å²) in [5.74, 6) is 1.40. The van der Waals surface area contributed by atoms with Gasteiger partial charge in [-0.25, -0.2) is 0 Å². The number of rotatable bonds is 4. The Kier molecular flexibility index (Phi) is 4.93. The van der Waals surface area contributed by atoms with Crippen molar-refractivity contribution in [2.24, 2.45) is 0 Å². The predicted octanol–water partition coefficient (Wildman–Crippen LogP) is 4.60. The summed E-state index contributed by atoms with van der Waals surface area (Å²) in [6.07, 6.45) is 3.78. The van der Waals surface area contributed by atoms with E-state index in [9.17, 15) is 0 Å². The molecule has 0 saturated heterocycles. The summed E-state index contributed by atoms with van der Waals surface area (Å²) in [5.41, 5.74) is 2.87. The molecule has 1 rings (SSSR count). The summed E-state index contributed by atoms with van der Waals surface area (Å²) in [6.45, 7) is 6.59. The fourth-order valence-electron chi connectivity index (χ4n) is 1.46. The van der Waals surface area contributed by atoms with Crippen LogP contribution in [-0.2, 0) is 6.42 Å². The van der Waals surface area contributed by atoms with Gasteiger partial charge in [0.25, 0.3) is 0 Å². The number of hydrogen-bond acceptors (Lipinski definition) is 0. The number of benzene rings is 1. The van der Waals surface area contributed by atoms with Crippen molar-refractivity contribution in [2.75, 3.05) is 0 Å². The van der Waals surface area contributed by atoms with Crippen LogP contribution in [0.4, 0.5) is 0 Å². The highest BCUT2D eigenvalue weighted by Crippen LogP contribution is 2.20. The topological polar surface area (TPSA) is 0 Å². The maximum atomic E-state index is 2.40. The summed E-state index contributed by atoms with van der Waals surface area (Å²) in [6, 6.07) is 6.88. The van der Waals surface area contributed by atoms with E-state index in [1.54, 1.807) is 0 Å². The van der Waals surface area contributed by atoms with Gasteiger partial charge in [-0.15, -0.1) is 0 Å². The molecule has 0 unspecified atom stereocenters. The lowest BCUT2D eigenvalue weighted by atomic mass is 9.99. The summed E-state index contributed by atoms with van der Waals surface area (Å²) < 4.78 is 1.35. The van der Waals surface area contributed by atoms with E-state index >= 15 is 0 Å². The SMILES string of the molecule is CCCCc1cc(I)cc([C](C)C)c1. The number of aryl methyl sites for hydroxylation is 1. The number of unbranched alkanes of at least 4 members (excludes halogenated alkanes) is 1. The Labute approximate surface area is 101 Å². The minimum atomic E-state index is 1.22. The molecule has 0 aromatic heterocycles. The Bertz CT molecular complexity index is 289. The third-order valence-electron chi connectivity index (χ3n) is 2.35. The summed E-state index contributed by atoms with van der Waals surface area (Å²) in [5, 5.41) is 0. The normalized spacial score (nSPS) is 10.9. The highest BCUT2D eigenvalue weighted by molar-refractivity contribution is 14.1. The Morgan fingerprint density at radius 1 is 1.21 bits per heavy atom. The van der Waals surface area contributed by atoms with Gasteiger partial charge in [0.2, 0.25) is 0 Å². The molecule has 0 saturated carbocycles. The molecule has 0 N–H and O–H groups in total. The monoisotopic (exact) mass is 301 g/mol. The van der Waals surface area contributed by atoms with Crippen molar-refractivity contribution in [3.05, 3.63) is 38.8 Å². The van der Waals surface area contributed by atoms with E-state index < -0.39 is 0 Å². The Morgan fingerprint density at radius 3 is 2.50 bits per heavy atom. The van der Waals surface area contributed by atoms with Crippen LogP contribution in [-0.4, -0.2) is 0 Å². The Morgan fingerprint density at radius 2 is 1.93 bits per heavy atom. The molecule has 0 aliphatic carbocycles. The minimum absolute atomic E-state index is 1.22. The van der Waals surface area contributed by atoms with Crippen molar-refractivity contribution >= 4 is 22.6 Å². The predicted molar refractivity (Wildman–Crippen MR) is 71.5 cm³/mol. The second-order valence-electron chi connectivity index (χ2n) is 3.95. The maximum absolute atomic E-state index is 2.40. The number of halogens is 1. The van der Waals surface area contributed by atoms with Crippen LogP contribution in [0.25, 0.3) is 0 Å². The smallest absolute Gasteiger partial charge is 0.0136 e. The van der Waals surface area contributed by atoms with Crippen molar-refractivity contribution in [1.82, 2.24) is 0 Å². The van der Waals surface area contributed by atoms with Crippen molar-refractivity contribution in [3.8, 4) is 0 Å². The van der Waals surface area contributed by atoms with Crippen molar-refractivity contribution in [3.63, 3.8) is 0 Å². The molecule has 14 heavy (non-hydrogen) atoms. The van der Waals surface area contributed by atoms with E-state index in [1.165, 1.54) is 39.9 Å². The average molecular weight is 301 g/mol. The van der Waals surface area contributed by atoms with Gasteiger partial charge in [0.1, 0.15) is 0 Å². The quantitative estimate of drug-likeness (QED) is 0.713. The highest BCUT2D eigenvalue weighted by Gasteiger charge is 2.03. The van der Waals surface area contributed by atoms with E-state index in [0.29, 0.717) is 0 Å². The first-order chi connectivity index (χ1) is 6.63. The molecule has 1 radical (unpaired) electrons. The van der Waals surface area contributed by atoms with Gasteiger partial charge in [0, 0.05) is 3.57 Å². The van der Waals surface area contributed by atoms with Gasteiger partial charge in [0.05, 0.1) is 0 Å². The molecule has 1 aromatic rings. The minimum Gasteiger partial charge on any atom is -0.0654 e. The Hall–Kier alpha value is -0.0500. The van der Waals surface area contributed by atoms with Gasteiger partial charge >= 0.3 is 0 Å². The molecule has 1 heteroatoms. The third kappa shape index (κ3) is 3.60. The van der Waals surface area contributed by atoms with Gasteiger partial charge in [-0.05, 0) is 64.6 Å². The Balaban J connectivity index is 2.84. The molecule has 0 bridgehead atoms. The summed E-state index contributed by atoms with van der Waals surface area (Å²) in [4.78, 5) is 0. The van der Waals surface area contributed by atoms with E-state index in [1.807, 2.05) is 0 Å². The lowest BCUT2D eigenvalue weighted by Crippen LogP contribution is -1.93. The van der Waals surface area contributed by atoms with Crippen molar-refractivity contribution < 1.29 is 0 Å². The first-order valence-electron chi connectivity index (χ1n) is 5.23. The second kappa shape index (κ2) is 5.74. The molecule has 0 aliphatic heterocycles. The van der Waals surface area contributed by atoms with Crippen LogP contribution in [0.3, 0.4) is 0 Å². The standard InChI is InChI=1S/C13H18I/c1-4-5-6-11-7-12(10(2)3)9-13(14)8-11/h7-9H,4-6H2,1-3H3. The van der Waals surface area contributed by atoms with Crippen LogP contribution in [0.2, 0.25) is 0 Å². The van der Waals surface area contributed by atoms with E-state index in [4.69, 9.17) is 0 Å². The lowest BCUT2D eigenvalue weighted by Gasteiger charge is -2.08. The molecule has 77 valence electrons. The lowest BCUT2D eigenvalue weighted by molar-refractivity contribution is 0.794. The third-order valence-corrected chi connectivity index (χ3v) is 2.98. The largest absolute Gasteiger partial charge is 0.0654 e.